The van der Waals surface area contributed by atoms with Crippen molar-refractivity contribution in [3.8, 4) is 0 Å². The number of amides is 1. The molecular formula is C18H18N2O5S. The lowest BCUT2D eigenvalue weighted by molar-refractivity contribution is -0.384. The van der Waals surface area contributed by atoms with Crippen LogP contribution in [0.25, 0.3) is 0 Å². The molecule has 0 saturated heterocycles. The number of non-ortho nitro benzene ring substituents is 1. The van der Waals surface area contributed by atoms with E-state index in [0.717, 1.165) is 17.7 Å². The molecule has 1 atom stereocenters. The van der Waals surface area contributed by atoms with E-state index in [9.17, 15) is 23.3 Å². The van der Waals surface area contributed by atoms with Gasteiger partial charge in [-0.1, -0.05) is 24.3 Å². The monoisotopic (exact) mass is 374 g/mol. The molecule has 26 heavy (non-hydrogen) atoms. The number of benzene rings is 2. The van der Waals surface area contributed by atoms with Crippen LogP contribution < -0.4 is 0 Å². The predicted molar refractivity (Wildman–Crippen MR) is 95.3 cm³/mol. The standard InChI is InChI=1S/C18H18N2O5S/c1-13(26(24,25)17-8-6-16(7-9-17)20(22)23)18(21)19-11-10-14-4-2-3-5-15(14)12-19/h2-9,13H,10-12H2,1H3. The van der Waals surface area contributed by atoms with Gasteiger partial charge < -0.3 is 4.90 Å². The maximum absolute atomic E-state index is 12.7. The third-order valence-electron chi connectivity index (χ3n) is 4.63. The van der Waals surface area contributed by atoms with Gasteiger partial charge in [0.25, 0.3) is 5.69 Å². The normalized spacial score (nSPS) is 15.2. The third kappa shape index (κ3) is 3.32. The highest BCUT2D eigenvalue weighted by molar-refractivity contribution is 7.92. The highest BCUT2D eigenvalue weighted by Gasteiger charge is 2.34. The molecule has 0 spiro atoms. The van der Waals surface area contributed by atoms with Crippen molar-refractivity contribution in [1.29, 1.82) is 0 Å². The Morgan fingerprint density at radius 3 is 2.35 bits per heavy atom. The van der Waals surface area contributed by atoms with Crippen LogP contribution in [0.4, 0.5) is 5.69 Å². The zero-order valence-corrected chi connectivity index (χ0v) is 15.0. The summed E-state index contributed by atoms with van der Waals surface area (Å²) in [4.78, 5) is 24.3. The Labute approximate surface area is 151 Å². The van der Waals surface area contributed by atoms with Gasteiger partial charge in [-0.05, 0) is 36.6 Å². The second-order valence-electron chi connectivity index (χ2n) is 6.22. The van der Waals surface area contributed by atoms with Gasteiger partial charge in [0.15, 0.2) is 9.84 Å². The van der Waals surface area contributed by atoms with E-state index in [1.54, 1.807) is 4.90 Å². The molecule has 8 heteroatoms. The average molecular weight is 374 g/mol. The average Bonchev–Trinajstić information content (AvgIpc) is 2.66. The van der Waals surface area contributed by atoms with E-state index in [2.05, 4.69) is 0 Å². The van der Waals surface area contributed by atoms with E-state index < -0.39 is 25.9 Å². The van der Waals surface area contributed by atoms with Crippen LogP contribution in [0.2, 0.25) is 0 Å². The van der Waals surface area contributed by atoms with Crippen LogP contribution in [-0.2, 0) is 27.6 Å². The molecule has 136 valence electrons. The topological polar surface area (TPSA) is 97.6 Å². The summed E-state index contributed by atoms with van der Waals surface area (Å²) >= 11 is 0. The third-order valence-corrected chi connectivity index (χ3v) is 6.69. The van der Waals surface area contributed by atoms with Gasteiger partial charge in [0, 0.05) is 25.2 Å². The quantitative estimate of drug-likeness (QED) is 0.604. The second-order valence-corrected chi connectivity index (χ2v) is 8.49. The number of sulfone groups is 1. The Balaban J connectivity index is 1.80. The fourth-order valence-corrected chi connectivity index (χ4v) is 4.37. The van der Waals surface area contributed by atoms with Crippen molar-refractivity contribution in [2.45, 2.75) is 30.0 Å². The van der Waals surface area contributed by atoms with Gasteiger partial charge in [-0.25, -0.2) is 8.42 Å². The Morgan fingerprint density at radius 1 is 1.12 bits per heavy atom. The lowest BCUT2D eigenvalue weighted by atomic mass is 10.00. The molecule has 3 rings (SSSR count). The van der Waals surface area contributed by atoms with Crippen LogP contribution >= 0.6 is 0 Å². The molecule has 0 fully saturated rings. The fourth-order valence-electron chi connectivity index (χ4n) is 3.04. The summed E-state index contributed by atoms with van der Waals surface area (Å²) in [6.07, 6.45) is 0.687. The number of fused-ring (bicyclic) bond motifs is 1. The maximum atomic E-state index is 12.7. The molecule has 1 amide bonds. The lowest BCUT2D eigenvalue weighted by Crippen LogP contribution is -2.43. The van der Waals surface area contributed by atoms with E-state index in [1.165, 1.54) is 24.6 Å². The van der Waals surface area contributed by atoms with Crippen molar-refractivity contribution in [3.63, 3.8) is 0 Å². The highest BCUT2D eigenvalue weighted by Crippen LogP contribution is 2.24. The number of nitro benzene ring substituents is 1. The summed E-state index contributed by atoms with van der Waals surface area (Å²) in [6, 6.07) is 12.4. The van der Waals surface area contributed by atoms with Crippen LogP contribution in [0.5, 0.6) is 0 Å². The van der Waals surface area contributed by atoms with Crippen molar-refractivity contribution in [1.82, 2.24) is 4.90 Å². The molecule has 2 aromatic carbocycles. The largest absolute Gasteiger partial charge is 0.337 e. The predicted octanol–water partition coefficient (Wildman–Crippen LogP) is 2.34. The molecule has 2 aromatic rings. The molecular weight excluding hydrogens is 356 g/mol. The molecule has 1 heterocycles. The number of carbonyl (C=O) groups is 1. The summed E-state index contributed by atoms with van der Waals surface area (Å²) in [6.45, 7) is 2.21. The Hall–Kier alpha value is -2.74. The summed E-state index contributed by atoms with van der Waals surface area (Å²) in [7, 11) is -3.92. The second kappa shape index (κ2) is 6.87. The molecule has 0 bridgehead atoms. The van der Waals surface area contributed by atoms with E-state index in [0.29, 0.717) is 19.5 Å². The fraction of sp³-hybridized carbons (Fsp3) is 0.278. The molecule has 0 aromatic heterocycles. The zero-order valence-electron chi connectivity index (χ0n) is 14.2. The van der Waals surface area contributed by atoms with E-state index in [1.807, 2.05) is 24.3 Å². The highest BCUT2D eigenvalue weighted by atomic mass is 32.2. The van der Waals surface area contributed by atoms with Crippen molar-refractivity contribution in [2.24, 2.45) is 0 Å². The van der Waals surface area contributed by atoms with Gasteiger partial charge in [0.05, 0.1) is 9.82 Å². The Morgan fingerprint density at radius 2 is 1.73 bits per heavy atom. The minimum Gasteiger partial charge on any atom is -0.337 e. The Kier molecular flexibility index (Phi) is 4.78. The lowest BCUT2D eigenvalue weighted by Gasteiger charge is -2.30. The van der Waals surface area contributed by atoms with E-state index in [-0.39, 0.29) is 10.6 Å². The number of hydrogen-bond donors (Lipinski definition) is 0. The van der Waals surface area contributed by atoms with Crippen LogP contribution in [0.3, 0.4) is 0 Å². The van der Waals surface area contributed by atoms with Crippen LogP contribution in [0, 0.1) is 10.1 Å². The SMILES string of the molecule is CC(C(=O)N1CCc2ccccc2C1)S(=O)(=O)c1ccc([N+](=O)[O-])cc1. The zero-order chi connectivity index (χ0) is 18.9. The minimum absolute atomic E-state index is 0.0960. The first kappa shape index (κ1) is 18.1. The van der Waals surface area contributed by atoms with Gasteiger partial charge in [-0.15, -0.1) is 0 Å². The molecule has 0 radical (unpaired) electrons. The number of nitrogens with zero attached hydrogens (tertiary/aromatic N) is 2. The molecule has 0 N–H and O–H groups in total. The molecule has 1 unspecified atom stereocenters. The molecule has 0 saturated carbocycles. The smallest absolute Gasteiger partial charge is 0.269 e. The van der Waals surface area contributed by atoms with Crippen LogP contribution in [0.15, 0.2) is 53.4 Å². The Bertz CT molecular complexity index is 954. The molecule has 0 aliphatic carbocycles. The first-order valence-corrected chi connectivity index (χ1v) is 9.69. The summed E-state index contributed by atoms with van der Waals surface area (Å²) in [5.74, 6) is -0.460. The first-order valence-electron chi connectivity index (χ1n) is 8.14. The molecule has 7 nitrogen and oxygen atoms in total. The van der Waals surface area contributed by atoms with Gasteiger partial charge in [-0.3, -0.25) is 14.9 Å². The van der Waals surface area contributed by atoms with Crippen LogP contribution in [0.1, 0.15) is 18.1 Å². The first-order chi connectivity index (χ1) is 12.3. The minimum atomic E-state index is -3.92. The van der Waals surface area contributed by atoms with Gasteiger partial charge in [0.2, 0.25) is 5.91 Å². The summed E-state index contributed by atoms with van der Waals surface area (Å²) in [5.41, 5.74) is 1.99. The van der Waals surface area contributed by atoms with Crippen molar-refractivity contribution < 1.29 is 18.1 Å². The van der Waals surface area contributed by atoms with Gasteiger partial charge in [0.1, 0.15) is 5.25 Å². The molecule has 1 aliphatic heterocycles. The van der Waals surface area contributed by atoms with E-state index in [4.69, 9.17) is 0 Å². The number of rotatable bonds is 4. The van der Waals surface area contributed by atoms with Gasteiger partial charge >= 0.3 is 0 Å². The van der Waals surface area contributed by atoms with Crippen molar-refractivity contribution in [2.75, 3.05) is 6.54 Å². The maximum Gasteiger partial charge on any atom is 0.269 e. The summed E-state index contributed by atoms with van der Waals surface area (Å²) < 4.78 is 25.5. The number of nitro groups is 1. The van der Waals surface area contributed by atoms with E-state index >= 15 is 0 Å². The molecule has 1 aliphatic rings. The van der Waals surface area contributed by atoms with Crippen molar-refractivity contribution in [3.05, 3.63) is 69.8 Å². The van der Waals surface area contributed by atoms with Crippen molar-refractivity contribution >= 4 is 21.4 Å². The summed E-state index contributed by atoms with van der Waals surface area (Å²) in [5, 5.41) is 9.45. The van der Waals surface area contributed by atoms with Crippen LogP contribution in [-0.4, -0.2) is 35.9 Å². The van der Waals surface area contributed by atoms with Gasteiger partial charge in [-0.2, -0.15) is 0 Å². The number of hydrogen-bond acceptors (Lipinski definition) is 5. The number of carbonyl (C=O) groups excluding carboxylic acids is 1.